The highest BCUT2D eigenvalue weighted by Gasteiger charge is 2.50. The molecule has 3 fully saturated rings. The van der Waals surface area contributed by atoms with Gasteiger partial charge >= 0.3 is 0 Å². The van der Waals surface area contributed by atoms with Crippen molar-refractivity contribution in [3.05, 3.63) is 53.6 Å². The van der Waals surface area contributed by atoms with Crippen molar-refractivity contribution >= 4 is 11.8 Å². The minimum absolute atomic E-state index is 0.00537. The third kappa shape index (κ3) is 3.32. The Morgan fingerprint density at radius 3 is 2.93 bits per heavy atom. The quantitative estimate of drug-likeness (QED) is 0.867. The maximum absolute atomic E-state index is 13.8. The highest BCUT2D eigenvalue weighted by Crippen LogP contribution is 2.42. The molecule has 0 aliphatic carbocycles. The summed E-state index contributed by atoms with van der Waals surface area (Å²) in [6.45, 7) is 1.30. The van der Waals surface area contributed by atoms with Crippen LogP contribution < -0.4 is 0 Å². The maximum atomic E-state index is 13.8. The molecular formula is C22H25FN4O2. The lowest BCUT2D eigenvalue weighted by Crippen LogP contribution is -2.66. The van der Waals surface area contributed by atoms with E-state index >= 15 is 0 Å². The number of hydrogen-bond acceptors (Lipinski definition) is 3. The first-order valence-corrected chi connectivity index (χ1v) is 10.4. The van der Waals surface area contributed by atoms with E-state index in [1.165, 1.54) is 6.07 Å². The van der Waals surface area contributed by atoms with Gasteiger partial charge in [0, 0.05) is 37.8 Å². The van der Waals surface area contributed by atoms with E-state index in [1.54, 1.807) is 24.5 Å². The van der Waals surface area contributed by atoms with E-state index in [-0.39, 0.29) is 35.6 Å². The summed E-state index contributed by atoms with van der Waals surface area (Å²) in [5, 5.41) is 6.62. The number of likely N-dealkylation sites (tertiary alicyclic amines) is 1. The minimum Gasteiger partial charge on any atom is -0.338 e. The van der Waals surface area contributed by atoms with E-state index in [9.17, 15) is 14.0 Å². The van der Waals surface area contributed by atoms with Crippen LogP contribution in [0.3, 0.4) is 0 Å². The van der Waals surface area contributed by atoms with Crippen molar-refractivity contribution in [1.82, 2.24) is 20.0 Å². The molecule has 1 aromatic carbocycles. The second kappa shape index (κ2) is 7.28. The van der Waals surface area contributed by atoms with Crippen molar-refractivity contribution in [2.45, 2.75) is 44.2 Å². The van der Waals surface area contributed by atoms with Crippen molar-refractivity contribution in [3.8, 4) is 0 Å². The molecule has 0 saturated carbocycles. The molecule has 0 unspecified atom stereocenters. The molecule has 152 valence electrons. The van der Waals surface area contributed by atoms with Crippen LogP contribution in [0, 0.1) is 17.7 Å². The van der Waals surface area contributed by atoms with E-state index in [2.05, 4.69) is 15.1 Å². The summed E-state index contributed by atoms with van der Waals surface area (Å²) in [5.41, 5.74) is 1.48. The van der Waals surface area contributed by atoms with E-state index in [1.807, 2.05) is 11.0 Å². The van der Waals surface area contributed by atoms with Gasteiger partial charge < -0.3 is 9.80 Å². The van der Waals surface area contributed by atoms with Crippen LogP contribution in [-0.2, 0) is 11.2 Å². The van der Waals surface area contributed by atoms with Crippen molar-refractivity contribution in [1.29, 1.82) is 0 Å². The zero-order valence-electron chi connectivity index (χ0n) is 16.3. The largest absolute Gasteiger partial charge is 0.338 e. The molecule has 3 aliphatic heterocycles. The summed E-state index contributed by atoms with van der Waals surface area (Å²) in [5.74, 6) is 0.461. The first-order chi connectivity index (χ1) is 14.1. The number of aromatic amines is 1. The number of carbonyl (C=O) groups excluding carboxylic acids is 2. The third-order valence-corrected chi connectivity index (χ3v) is 6.86. The molecule has 4 atom stereocenters. The van der Waals surface area contributed by atoms with Gasteiger partial charge in [0.05, 0.1) is 11.8 Å². The molecule has 29 heavy (non-hydrogen) atoms. The number of piperidine rings is 3. The SMILES string of the molecule is O=C(c1cn[nH]c1)N1C[C@H]2C[C@@H](C1)[C@H](Cc1cccc(F)c1)N1C(=O)CCC[C@@H]21. The molecule has 1 aromatic heterocycles. The molecule has 3 aliphatic rings. The first-order valence-electron chi connectivity index (χ1n) is 10.4. The number of benzene rings is 1. The molecule has 5 rings (SSSR count). The lowest BCUT2D eigenvalue weighted by atomic mass is 9.70. The van der Waals surface area contributed by atoms with Crippen LogP contribution in [-0.4, -0.2) is 57.0 Å². The van der Waals surface area contributed by atoms with Crippen LogP contribution in [0.4, 0.5) is 4.39 Å². The van der Waals surface area contributed by atoms with Crippen molar-refractivity contribution in [2.24, 2.45) is 11.8 Å². The summed E-state index contributed by atoms with van der Waals surface area (Å²) in [7, 11) is 0. The molecule has 2 amide bonds. The number of fused-ring (bicyclic) bond motifs is 4. The van der Waals surface area contributed by atoms with Gasteiger partial charge in [0.1, 0.15) is 5.82 Å². The van der Waals surface area contributed by atoms with Crippen LogP contribution in [0.5, 0.6) is 0 Å². The fraction of sp³-hybridized carbons (Fsp3) is 0.500. The zero-order valence-corrected chi connectivity index (χ0v) is 16.3. The van der Waals surface area contributed by atoms with Crippen LogP contribution >= 0.6 is 0 Å². The Morgan fingerprint density at radius 2 is 2.14 bits per heavy atom. The fourth-order valence-electron chi connectivity index (χ4n) is 5.66. The average molecular weight is 396 g/mol. The van der Waals surface area contributed by atoms with Crippen molar-refractivity contribution in [3.63, 3.8) is 0 Å². The maximum Gasteiger partial charge on any atom is 0.257 e. The van der Waals surface area contributed by atoms with Crippen molar-refractivity contribution in [2.75, 3.05) is 13.1 Å². The average Bonchev–Trinajstić information content (AvgIpc) is 3.25. The van der Waals surface area contributed by atoms with Gasteiger partial charge in [-0.3, -0.25) is 14.7 Å². The standard InChI is InChI=1S/C22H25FN4O2/c23-18-4-1-3-14(7-18)8-20-16-9-15(19-5-2-6-21(28)27(19)20)12-26(13-16)22(29)17-10-24-25-11-17/h1,3-4,7,10-11,15-16,19-20H,2,5-6,8-9,12-13H2,(H,24,25)/t15-,16+,19+,20+/m1/s1. The van der Waals surface area contributed by atoms with Gasteiger partial charge in [0.15, 0.2) is 0 Å². The van der Waals surface area contributed by atoms with Gasteiger partial charge in [0.2, 0.25) is 5.91 Å². The molecule has 3 saturated heterocycles. The number of carbonyl (C=O) groups is 2. The number of nitrogens with one attached hydrogen (secondary N) is 1. The summed E-state index contributed by atoms with van der Waals surface area (Å²) in [4.78, 5) is 29.9. The Balaban J connectivity index is 1.45. The second-order valence-corrected chi connectivity index (χ2v) is 8.61. The van der Waals surface area contributed by atoms with Gasteiger partial charge in [-0.2, -0.15) is 5.10 Å². The molecular weight excluding hydrogens is 371 g/mol. The number of hydrogen-bond donors (Lipinski definition) is 1. The van der Waals surface area contributed by atoms with Crippen LogP contribution in [0.2, 0.25) is 0 Å². The number of rotatable bonds is 3. The number of aromatic nitrogens is 2. The fourth-order valence-corrected chi connectivity index (χ4v) is 5.66. The van der Waals surface area contributed by atoms with Gasteiger partial charge in [-0.1, -0.05) is 12.1 Å². The molecule has 1 N–H and O–H groups in total. The van der Waals surface area contributed by atoms with Crippen LogP contribution in [0.1, 0.15) is 41.6 Å². The topological polar surface area (TPSA) is 69.3 Å². The van der Waals surface area contributed by atoms with Crippen LogP contribution in [0.25, 0.3) is 0 Å². The molecule has 6 nitrogen and oxygen atoms in total. The minimum atomic E-state index is -0.252. The van der Waals surface area contributed by atoms with E-state index in [0.717, 1.165) is 24.8 Å². The third-order valence-electron chi connectivity index (χ3n) is 6.86. The highest BCUT2D eigenvalue weighted by molar-refractivity contribution is 5.93. The van der Waals surface area contributed by atoms with Gasteiger partial charge in [-0.25, -0.2) is 4.39 Å². The lowest BCUT2D eigenvalue weighted by molar-refractivity contribution is -0.151. The molecule has 0 radical (unpaired) electrons. The van der Waals surface area contributed by atoms with Gasteiger partial charge in [-0.05, 0) is 55.2 Å². The summed E-state index contributed by atoms with van der Waals surface area (Å²) in [6.07, 6.45) is 7.32. The van der Waals surface area contributed by atoms with Crippen LogP contribution in [0.15, 0.2) is 36.7 Å². The second-order valence-electron chi connectivity index (χ2n) is 8.61. The number of halogens is 1. The summed E-state index contributed by atoms with van der Waals surface area (Å²) < 4.78 is 13.8. The number of nitrogens with zero attached hydrogens (tertiary/aromatic N) is 3. The molecule has 2 bridgehead atoms. The lowest BCUT2D eigenvalue weighted by Gasteiger charge is -2.56. The smallest absolute Gasteiger partial charge is 0.257 e. The van der Waals surface area contributed by atoms with E-state index < -0.39 is 0 Å². The van der Waals surface area contributed by atoms with Crippen molar-refractivity contribution < 1.29 is 14.0 Å². The summed E-state index contributed by atoms with van der Waals surface area (Å²) in [6, 6.07) is 6.84. The first kappa shape index (κ1) is 18.3. The Bertz CT molecular complexity index is 915. The summed E-state index contributed by atoms with van der Waals surface area (Å²) >= 11 is 0. The molecule has 7 heteroatoms. The van der Waals surface area contributed by atoms with Gasteiger partial charge in [0.25, 0.3) is 5.91 Å². The predicted molar refractivity (Wildman–Crippen MR) is 104 cm³/mol. The Kier molecular flexibility index (Phi) is 4.60. The van der Waals surface area contributed by atoms with E-state index in [0.29, 0.717) is 37.4 Å². The molecule has 4 heterocycles. The Labute approximate surface area is 169 Å². The monoisotopic (exact) mass is 396 g/mol. The predicted octanol–water partition coefficient (Wildman–Crippen LogP) is 2.63. The Morgan fingerprint density at radius 1 is 1.28 bits per heavy atom. The number of H-pyrrole nitrogens is 1. The molecule has 2 aromatic rings. The van der Waals surface area contributed by atoms with E-state index in [4.69, 9.17) is 0 Å². The number of amides is 2. The Hall–Kier alpha value is -2.70. The van der Waals surface area contributed by atoms with Gasteiger partial charge in [-0.15, -0.1) is 0 Å². The highest BCUT2D eigenvalue weighted by atomic mass is 19.1. The zero-order chi connectivity index (χ0) is 20.0. The normalized spacial score (nSPS) is 28.9. The molecule has 0 spiro atoms.